The molecule has 0 saturated carbocycles. The number of fused-ring (bicyclic) bond motifs is 2. The van der Waals surface area contributed by atoms with E-state index in [1.54, 1.807) is 12.1 Å². The van der Waals surface area contributed by atoms with Gasteiger partial charge in [0, 0.05) is 12.5 Å². The molecule has 20 heavy (non-hydrogen) atoms. The van der Waals surface area contributed by atoms with Gasteiger partial charge >= 0.3 is 0 Å². The lowest BCUT2D eigenvalue weighted by Crippen LogP contribution is -2.61. The average molecular weight is 294 g/mol. The summed E-state index contributed by atoms with van der Waals surface area (Å²) in [6.07, 6.45) is 2.42. The van der Waals surface area contributed by atoms with Crippen LogP contribution in [0.2, 0.25) is 5.15 Å². The lowest BCUT2D eigenvalue weighted by Gasteiger charge is -2.50. The van der Waals surface area contributed by atoms with E-state index in [4.69, 9.17) is 16.3 Å². The summed E-state index contributed by atoms with van der Waals surface area (Å²) in [6, 6.07) is 4.01. The summed E-state index contributed by atoms with van der Waals surface area (Å²) < 4.78 is 6.15. The van der Waals surface area contributed by atoms with Crippen LogP contribution < -0.4 is 5.32 Å². The van der Waals surface area contributed by atoms with E-state index in [9.17, 15) is 0 Å². The highest BCUT2D eigenvalue weighted by Crippen LogP contribution is 2.40. The van der Waals surface area contributed by atoms with Gasteiger partial charge in [-0.05, 0) is 38.1 Å². The van der Waals surface area contributed by atoms with Crippen molar-refractivity contribution in [1.82, 2.24) is 15.1 Å². The molecule has 1 atom stereocenters. The smallest absolute Gasteiger partial charge is 0.291 e. The molecule has 0 aliphatic carbocycles. The highest BCUT2D eigenvalue weighted by molar-refractivity contribution is 6.29. The fraction of sp³-hybridized carbons (Fsp3) is 0.615. The van der Waals surface area contributed by atoms with Crippen LogP contribution in [0.4, 0.5) is 5.82 Å². The van der Waals surface area contributed by atoms with Crippen molar-refractivity contribution in [3.05, 3.63) is 17.3 Å². The van der Waals surface area contributed by atoms with Crippen LogP contribution in [0.1, 0.15) is 12.8 Å². The summed E-state index contributed by atoms with van der Waals surface area (Å²) >= 11 is 5.72. The molecule has 6 nitrogen and oxygen atoms in total. The molecule has 0 radical (unpaired) electrons. The molecular formula is C13H16ClN5O. The van der Waals surface area contributed by atoms with Crippen LogP contribution in [0, 0.1) is 5.92 Å². The monoisotopic (exact) mass is 293 g/mol. The van der Waals surface area contributed by atoms with Crippen molar-refractivity contribution in [1.29, 1.82) is 0 Å². The van der Waals surface area contributed by atoms with E-state index in [0.717, 1.165) is 13.1 Å². The quantitative estimate of drug-likeness (QED) is 0.848. The van der Waals surface area contributed by atoms with Gasteiger partial charge in [-0.15, -0.1) is 10.2 Å². The van der Waals surface area contributed by atoms with Crippen molar-refractivity contribution in [2.75, 3.05) is 31.5 Å². The van der Waals surface area contributed by atoms with Crippen LogP contribution in [-0.2, 0) is 4.74 Å². The lowest BCUT2D eigenvalue weighted by molar-refractivity contribution is -0.0829. The molecule has 1 N–H and O–H groups in total. The minimum Gasteiger partial charge on any atom is -0.455 e. The molecule has 2 bridgehead atoms. The van der Waals surface area contributed by atoms with Crippen molar-refractivity contribution in [2.24, 2.45) is 10.9 Å². The fourth-order valence-electron chi connectivity index (χ4n) is 3.44. The Labute approximate surface area is 122 Å². The molecule has 106 valence electrons. The molecule has 0 aromatic carbocycles. The first kappa shape index (κ1) is 12.3. The Balaban J connectivity index is 1.46. The van der Waals surface area contributed by atoms with Gasteiger partial charge in [0.15, 0.2) is 11.0 Å². The molecule has 5 heterocycles. The Morgan fingerprint density at radius 2 is 2.15 bits per heavy atom. The Kier molecular flexibility index (Phi) is 2.82. The number of nitrogens with one attached hydrogen (secondary N) is 1. The number of aliphatic imine (C=N–C) groups is 1. The van der Waals surface area contributed by atoms with Crippen LogP contribution >= 0.6 is 11.6 Å². The zero-order valence-corrected chi connectivity index (χ0v) is 11.8. The zero-order valence-electron chi connectivity index (χ0n) is 11.0. The summed E-state index contributed by atoms with van der Waals surface area (Å²) in [5, 5.41) is 11.2. The average Bonchev–Trinajstić information content (AvgIpc) is 2.85. The van der Waals surface area contributed by atoms with Gasteiger partial charge in [-0.25, -0.2) is 4.99 Å². The minimum absolute atomic E-state index is 0.126. The van der Waals surface area contributed by atoms with Crippen molar-refractivity contribution in [3.8, 4) is 0 Å². The van der Waals surface area contributed by atoms with Crippen molar-refractivity contribution < 1.29 is 4.74 Å². The number of hydrogen-bond acceptors (Lipinski definition) is 6. The molecule has 0 unspecified atom stereocenters. The predicted octanol–water partition coefficient (Wildman–Crippen LogP) is 1.39. The Morgan fingerprint density at radius 1 is 1.30 bits per heavy atom. The number of nitrogens with zero attached hydrogens (tertiary/aromatic N) is 4. The molecule has 4 aliphatic rings. The summed E-state index contributed by atoms with van der Waals surface area (Å²) in [6.45, 7) is 4.11. The maximum absolute atomic E-state index is 6.15. The maximum Gasteiger partial charge on any atom is 0.291 e. The SMILES string of the molecule is Clc1ccc(NC2=NC[C@@]3(CN4CCC3CC4)O2)nn1. The number of halogens is 1. The first-order chi connectivity index (χ1) is 9.73. The highest BCUT2D eigenvalue weighted by Gasteiger charge is 2.51. The van der Waals surface area contributed by atoms with Crippen molar-refractivity contribution in [3.63, 3.8) is 0 Å². The summed E-state index contributed by atoms with van der Waals surface area (Å²) in [4.78, 5) is 6.98. The molecule has 5 rings (SSSR count). The van der Waals surface area contributed by atoms with Crippen LogP contribution in [0.15, 0.2) is 17.1 Å². The normalized spacial score (nSPS) is 35.0. The fourth-order valence-corrected chi connectivity index (χ4v) is 3.54. The third-order valence-corrected chi connectivity index (χ3v) is 4.68. The molecule has 7 heteroatoms. The van der Waals surface area contributed by atoms with Crippen LogP contribution in [-0.4, -0.2) is 52.9 Å². The predicted molar refractivity (Wildman–Crippen MR) is 75.9 cm³/mol. The van der Waals surface area contributed by atoms with E-state index < -0.39 is 0 Å². The molecule has 1 aromatic heterocycles. The van der Waals surface area contributed by atoms with Gasteiger partial charge < -0.3 is 4.74 Å². The van der Waals surface area contributed by atoms with E-state index >= 15 is 0 Å². The van der Waals surface area contributed by atoms with E-state index in [0.29, 0.717) is 22.9 Å². The molecule has 1 aromatic rings. The zero-order chi connectivity index (χ0) is 13.6. The van der Waals surface area contributed by atoms with Gasteiger partial charge in [0.25, 0.3) is 6.02 Å². The van der Waals surface area contributed by atoms with Crippen molar-refractivity contribution >= 4 is 23.4 Å². The first-order valence-corrected chi connectivity index (χ1v) is 7.33. The van der Waals surface area contributed by atoms with Gasteiger partial charge in [0.1, 0.15) is 5.60 Å². The summed E-state index contributed by atoms with van der Waals surface area (Å²) in [5.41, 5.74) is -0.126. The van der Waals surface area contributed by atoms with Gasteiger partial charge in [-0.1, -0.05) is 11.6 Å². The number of aromatic nitrogens is 2. The molecular weight excluding hydrogens is 278 g/mol. The van der Waals surface area contributed by atoms with Gasteiger partial charge in [0.2, 0.25) is 0 Å². The second-order valence-electron chi connectivity index (χ2n) is 5.70. The number of piperidine rings is 3. The highest BCUT2D eigenvalue weighted by atomic mass is 35.5. The second kappa shape index (κ2) is 4.56. The van der Waals surface area contributed by atoms with Gasteiger partial charge in [0.05, 0.1) is 6.54 Å². The van der Waals surface area contributed by atoms with E-state index in [1.165, 1.54) is 25.9 Å². The van der Waals surface area contributed by atoms with Crippen LogP contribution in [0.3, 0.4) is 0 Å². The van der Waals surface area contributed by atoms with E-state index in [1.807, 2.05) is 0 Å². The van der Waals surface area contributed by atoms with Crippen LogP contribution in [0.25, 0.3) is 0 Å². The standard InChI is InChI=1S/C13H16ClN5O/c14-10-1-2-11(18-17-10)16-12-15-7-13(20-12)8-19-5-3-9(13)4-6-19/h1-2,9H,3-8H2,(H,15,16,18)/t13-/m0/s1. The number of anilines is 1. The minimum atomic E-state index is -0.126. The summed E-state index contributed by atoms with van der Waals surface area (Å²) in [7, 11) is 0. The molecule has 4 aliphatic heterocycles. The first-order valence-electron chi connectivity index (χ1n) is 6.96. The third kappa shape index (κ3) is 2.03. The number of amidine groups is 1. The summed E-state index contributed by atoms with van der Waals surface area (Å²) in [5.74, 6) is 1.22. The van der Waals surface area contributed by atoms with Gasteiger partial charge in [-0.3, -0.25) is 10.2 Å². The Hall–Kier alpha value is -1.40. The molecule has 3 saturated heterocycles. The second-order valence-corrected chi connectivity index (χ2v) is 6.09. The van der Waals surface area contributed by atoms with Crippen molar-refractivity contribution in [2.45, 2.75) is 18.4 Å². The maximum atomic E-state index is 6.15. The topological polar surface area (TPSA) is 62.6 Å². The Bertz CT molecular complexity index is 540. The third-order valence-electron chi connectivity index (χ3n) is 4.48. The molecule has 0 amide bonds. The van der Waals surface area contributed by atoms with E-state index in [-0.39, 0.29) is 5.60 Å². The van der Waals surface area contributed by atoms with E-state index in [2.05, 4.69) is 25.4 Å². The largest absolute Gasteiger partial charge is 0.455 e. The molecule has 1 spiro atoms. The lowest BCUT2D eigenvalue weighted by atomic mass is 9.75. The number of rotatable bonds is 1. The number of hydrogen-bond donors (Lipinski definition) is 1. The Morgan fingerprint density at radius 3 is 2.80 bits per heavy atom. The van der Waals surface area contributed by atoms with Gasteiger partial charge in [-0.2, -0.15) is 0 Å². The molecule has 3 fully saturated rings. The van der Waals surface area contributed by atoms with Crippen LogP contribution in [0.5, 0.6) is 0 Å². The number of ether oxygens (including phenoxy) is 1.